The van der Waals surface area contributed by atoms with E-state index >= 15 is 0 Å². The van der Waals surface area contributed by atoms with Crippen LogP contribution in [-0.4, -0.2) is 28.8 Å². The highest BCUT2D eigenvalue weighted by atomic mass is 19.3. The summed E-state index contributed by atoms with van der Waals surface area (Å²) in [6.45, 7) is 6.92. The van der Waals surface area contributed by atoms with Crippen molar-refractivity contribution in [2.45, 2.75) is 46.0 Å². The molecule has 4 rings (SSSR count). The van der Waals surface area contributed by atoms with Gasteiger partial charge in [-0.3, -0.25) is 9.59 Å². The van der Waals surface area contributed by atoms with Crippen LogP contribution in [0.4, 0.5) is 14.5 Å². The molecule has 0 saturated heterocycles. The van der Waals surface area contributed by atoms with E-state index in [1.54, 1.807) is 13.0 Å². The lowest BCUT2D eigenvalue weighted by atomic mass is 9.81. The van der Waals surface area contributed by atoms with Crippen molar-refractivity contribution < 1.29 is 23.1 Å². The smallest absolute Gasteiger partial charge is 0.276 e. The maximum atomic E-state index is 14.1. The number of rotatable bonds is 7. The van der Waals surface area contributed by atoms with Crippen LogP contribution in [0.3, 0.4) is 0 Å². The Morgan fingerprint density at radius 2 is 1.86 bits per heavy atom. The van der Waals surface area contributed by atoms with E-state index in [-0.39, 0.29) is 29.1 Å². The molecule has 1 amide bonds. The van der Waals surface area contributed by atoms with Gasteiger partial charge in [-0.05, 0) is 49.6 Å². The number of nitrogens with zero attached hydrogens (tertiary/aromatic N) is 1. The van der Waals surface area contributed by atoms with Crippen molar-refractivity contribution >= 4 is 23.0 Å². The maximum absolute atomic E-state index is 14.1. The number of halogens is 2. The van der Waals surface area contributed by atoms with Crippen LogP contribution in [0.2, 0.25) is 0 Å². The number of methoxy groups -OCH3 is 1. The fraction of sp³-hybridized carbons (Fsp3) is 0.276. The Morgan fingerprint density at radius 3 is 2.54 bits per heavy atom. The summed E-state index contributed by atoms with van der Waals surface area (Å²) >= 11 is 0. The monoisotopic (exact) mass is 505 g/mol. The number of imidazole rings is 1. The van der Waals surface area contributed by atoms with E-state index < -0.39 is 17.7 Å². The number of carbonyl (C=O) groups is 2. The number of H-pyrrole nitrogens is 1. The number of hydrogen-bond donors (Lipinski definition) is 2. The molecule has 37 heavy (non-hydrogen) atoms. The van der Waals surface area contributed by atoms with Crippen molar-refractivity contribution in [1.29, 1.82) is 0 Å². The summed E-state index contributed by atoms with van der Waals surface area (Å²) in [5, 5.41) is 2.65. The highest BCUT2D eigenvalue weighted by Gasteiger charge is 2.34. The second kappa shape index (κ2) is 10.1. The number of ketones is 1. The summed E-state index contributed by atoms with van der Waals surface area (Å²) < 4.78 is 33.8. The number of nitrogens with one attached hydrogen (secondary N) is 2. The van der Waals surface area contributed by atoms with Crippen LogP contribution in [0.15, 0.2) is 65.9 Å². The van der Waals surface area contributed by atoms with E-state index in [1.807, 2.05) is 38.1 Å². The Bertz CT molecular complexity index is 1440. The topological polar surface area (TPSA) is 84.1 Å². The van der Waals surface area contributed by atoms with E-state index in [0.29, 0.717) is 17.3 Å². The first-order valence-corrected chi connectivity index (χ1v) is 12.0. The normalized spacial score (nSPS) is 16.0. The van der Waals surface area contributed by atoms with Crippen LogP contribution in [0, 0.1) is 13.8 Å². The molecule has 2 aromatic carbocycles. The van der Waals surface area contributed by atoms with Crippen LogP contribution < -0.4 is 5.32 Å². The molecule has 1 unspecified atom stereocenters. The number of benzene rings is 2. The molecule has 0 aliphatic heterocycles. The number of aromatic nitrogens is 2. The molecule has 1 aromatic heterocycles. The number of anilines is 1. The Balaban J connectivity index is 1.68. The summed E-state index contributed by atoms with van der Waals surface area (Å²) in [5.74, 6) is -3.71. The van der Waals surface area contributed by atoms with Gasteiger partial charge in [0, 0.05) is 35.0 Å². The minimum Gasteiger partial charge on any atom is -0.496 e. The standard InChI is InChI=1S/C29H29F2N3O3/c1-6-29(30,31)19-11-9-12-20(14-19)33-28(36)26-18(4)32-27(34-26)25-17(3)24(23(37-5)15-22(25)35)21-13-8-7-10-16(21)2/h7-15,25H,6H2,1-5H3,(H,32,34)(H,33,36). The maximum Gasteiger partial charge on any atom is 0.276 e. The summed E-state index contributed by atoms with van der Waals surface area (Å²) in [5.41, 5.74) is 4.12. The molecule has 0 spiro atoms. The lowest BCUT2D eigenvalue weighted by Gasteiger charge is -2.25. The zero-order chi connectivity index (χ0) is 26.9. The van der Waals surface area contributed by atoms with Crippen LogP contribution >= 0.6 is 0 Å². The average molecular weight is 506 g/mol. The molecular weight excluding hydrogens is 476 g/mol. The number of aromatic amines is 1. The number of aryl methyl sites for hydroxylation is 2. The van der Waals surface area contributed by atoms with Gasteiger partial charge in [-0.15, -0.1) is 0 Å². The predicted molar refractivity (Wildman–Crippen MR) is 139 cm³/mol. The summed E-state index contributed by atoms with van der Waals surface area (Å²) in [7, 11) is 1.52. The van der Waals surface area contributed by atoms with Gasteiger partial charge >= 0.3 is 0 Å². The fourth-order valence-corrected chi connectivity index (χ4v) is 4.60. The van der Waals surface area contributed by atoms with E-state index in [1.165, 1.54) is 38.3 Å². The quantitative estimate of drug-likeness (QED) is 0.386. The Kier molecular flexibility index (Phi) is 7.12. The second-order valence-corrected chi connectivity index (χ2v) is 9.11. The Morgan fingerprint density at radius 1 is 1.14 bits per heavy atom. The van der Waals surface area contributed by atoms with Crippen molar-refractivity contribution in [2.24, 2.45) is 0 Å². The molecule has 1 aliphatic rings. The van der Waals surface area contributed by atoms with Gasteiger partial charge in [0.15, 0.2) is 5.78 Å². The van der Waals surface area contributed by atoms with Crippen LogP contribution in [0.5, 0.6) is 0 Å². The van der Waals surface area contributed by atoms with Gasteiger partial charge in [-0.25, -0.2) is 13.8 Å². The number of hydrogen-bond acceptors (Lipinski definition) is 4. The first-order valence-electron chi connectivity index (χ1n) is 12.0. The van der Waals surface area contributed by atoms with Crippen molar-refractivity contribution in [3.05, 3.63) is 99.8 Å². The molecule has 1 aliphatic carbocycles. The molecule has 1 atom stereocenters. The zero-order valence-electron chi connectivity index (χ0n) is 21.4. The molecule has 3 aromatic rings. The highest BCUT2D eigenvalue weighted by Crippen LogP contribution is 2.40. The third-order valence-electron chi connectivity index (χ3n) is 6.64. The number of ether oxygens (including phenoxy) is 1. The lowest BCUT2D eigenvalue weighted by molar-refractivity contribution is -0.115. The molecule has 0 bridgehead atoms. The molecule has 0 fully saturated rings. The lowest BCUT2D eigenvalue weighted by Crippen LogP contribution is -2.21. The van der Waals surface area contributed by atoms with Gasteiger partial charge in [-0.2, -0.15) is 0 Å². The Hall–Kier alpha value is -4.07. The predicted octanol–water partition coefficient (Wildman–Crippen LogP) is 6.45. The largest absolute Gasteiger partial charge is 0.496 e. The van der Waals surface area contributed by atoms with Crippen molar-refractivity contribution in [3.8, 4) is 0 Å². The van der Waals surface area contributed by atoms with Crippen molar-refractivity contribution in [2.75, 3.05) is 12.4 Å². The third-order valence-corrected chi connectivity index (χ3v) is 6.64. The zero-order valence-corrected chi connectivity index (χ0v) is 21.4. The molecule has 2 N–H and O–H groups in total. The van der Waals surface area contributed by atoms with Crippen molar-refractivity contribution in [1.82, 2.24) is 9.97 Å². The average Bonchev–Trinajstić information content (AvgIpc) is 3.25. The van der Waals surface area contributed by atoms with Crippen LogP contribution in [-0.2, 0) is 15.5 Å². The summed E-state index contributed by atoms with van der Waals surface area (Å²) in [6.07, 6.45) is 1.11. The van der Waals surface area contributed by atoms with Crippen molar-refractivity contribution in [3.63, 3.8) is 0 Å². The second-order valence-electron chi connectivity index (χ2n) is 9.11. The minimum absolute atomic E-state index is 0.0854. The highest BCUT2D eigenvalue weighted by molar-refractivity contribution is 6.07. The summed E-state index contributed by atoms with van der Waals surface area (Å²) in [6, 6.07) is 13.4. The number of allylic oxidation sites excluding steroid dienone is 3. The minimum atomic E-state index is -3.00. The van der Waals surface area contributed by atoms with Gasteiger partial charge in [0.25, 0.3) is 11.8 Å². The van der Waals surface area contributed by atoms with Gasteiger partial charge in [-0.1, -0.05) is 43.3 Å². The number of amides is 1. The third kappa shape index (κ3) is 4.96. The molecule has 0 saturated carbocycles. The van der Waals surface area contributed by atoms with E-state index in [0.717, 1.165) is 22.3 Å². The van der Waals surface area contributed by atoms with E-state index in [9.17, 15) is 18.4 Å². The van der Waals surface area contributed by atoms with Crippen LogP contribution in [0.1, 0.15) is 64.9 Å². The van der Waals surface area contributed by atoms with E-state index in [4.69, 9.17) is 4.74 Å². The molecule has 6 nitrogen and oxygen atoms in total. The van der Waals surface area contributed by atoms with Gasteiger partial charge in [0.1, 0.15) is 23.2 Å². The van der Waals surface area contributed by atoms with Crippen LogP contribution in [0.25, 0.3) is 5.57 Å². The summed E-state index contributed by atoms with van der Waals surface area (Å²) in [4.78, 5) is 33.8. The molecule has 1 heterocycles. The Labute approximate surface area is 214 Å². The molecule has 8 heteroatoms. The first kappa shape index (κ1) is 26.0. The molecule has 192 valence electrons. The first-order chi connectivity index (χ1) is 17.6. The molecular formula is C29H29F2N3O3. The van der Waals surface area contributed by atoms with Gasteiger partial charge in [0.2, 0.25) is 0 Å². The SMILES string of the molecule is CCC(F)(F)c1cccc(NC(=O)c2nc(C3C(=O)C=C(OC)C(c4ccccc4C)=C3C)[nH]c2C)c1. The van der Waals surface area contributed by atoms with Gasteiger partial charge in [0.05, 0.1) is 7.11 Å². The fourth-order valence-electron chi connectivity index (χ4n) is 4.60. The number of carbonyl (C=O) groups excluding carboxylic acids is 2. The van der Waals surface area contributed by atoms with E-state index in [2.05, 4.69) is 15.3 Å². The molecule has 0 radical (unpaired) electrons. The van der Waals surface area contributed by atoms with Gasteiger partial charge < -0.3 is 15.0 Å². The number of alkyl halides is 2.